The van der Waals surface area contributed by atoms with Crippen molar-refractivity contribution >= 4 is 11.8 Å². The molecule has 110 valence electrons. The van der Waals surface area contributed by atoms with Gasteiger partial charge in [0.1, 0.15) is 0 Å². The zero-order chi connectivity index (χ0) is 14.1. The largest absolute Gasteiger partial charge is 0.341 e. The summed E-state index contributed by atoms with van der Waals surface area (Å²) < 4.78 is 0. The van der Waals surface area contributed by atoms with E-state index in [4.69, 9.17) is 0 Å². The molecule has 4 nitrogen and oxygen atoms in total. The van der Waals surface area contributed by atoms with Crippen LogP contribution >= 0.6 is 0 Å². The number of carbonyl (C=O) groups is 2. The van der Waals surface area contributed by atoms with Gasteiger partial charge in [0, 0.05) is 26.6 Å². The van der Waals surface area contributed by atoms with Crippen LogP contribution in [0.1, 0.15) is 58.8 Å². The van der Waals surface area contributed by atoms with Crippen LogP contribution in [0.3, 0.4) is 0 Å². The number of unbranched alkanes of at least 4 members (excludes halogenated alkanes) is 2. The van der Waals surface area contributed by atoms with Crippen LogP contribution in [0.5, 0.6) is 0 Å². The summed E-state index contributed by atoms with van der Waals surface area (Å²) in [5.41, 5.74) is 0. The highest BCUT2D eigenvalue weighted by Gasteiger charge is 2.19. The third kappa shape index (κ3) is 6.08. The summed E-state index contributed by atoms with van der Waals surface area (Å²) in [6.45, 7) is 6.39. The Bertz CT molecular complexity index is 284. The van der Waals surface area contributed by atoms with Crippen LogP contribution in [0.4, 0.5) is 0 Å². The molecule has 1 aliphatic rings. The molecule has 0 atom stereocenters. The number of nitrogens with zero attached hydrogens (tertiary/aromatic N) is 2. The van der Waals surface area contributed by atoms with E-state index < -0.39 is 0 Å². The van der Waals surface area contributed by atoms with Gasteiger partial charge in [-0.15, -0.1) is 0 Å². The van der Waals surface area contributed by atoms with Crippen LogP contribution in [0.25, 0.3) is 0 Å². The Morgan fingerprint density at radius 2 is 1.68 bits per heavy atom. The van der Waals surface area contributed by atoms with Crippen molar-refractivity contribution in [2.24, 2.45) is 0 Å². The number of rotatable bonds is 6. The molecular formula is C15H28N2O2. The molecule has 0 unspecified atom stereocenters. The smallest absolute Gasteiger partial charge is 0.242 e. The van der Waals surface area contributed by atoms with Gasteiger partial charge in [-0.2, -0.15) is 0 Å². The van der Waals surface area contributed by atoms with Crippen LogP contribution < -0.4 is 0 Å². The van der Waals surface area contributed by atoms with E-state index in [1.807, 2.05) is 4.90 Å². The minimum atomic E-state index is 0.0132. The second kappa shape index (κ2) is 8.94. The van der Waals surface area contributed by atoms with E-state index in [0.29, 0.717) is 6.54 Å². The van der Waals surface area contributed by atoms with Gasteiger partial charge in [-0.05, 0) is 19.3 Å². The fraction of sp³-hybridized carbons (Fsp3) is 0.867. The molecule has 0 spiro atoms. The first-order valence-corrected chi connectivity index (χ1v) is 7.68. The zero-order valence-electron chi connectivity index (χ0n) is 12.5. The molecule has 0 aromatic carbocycles. The Balaban J connectivity index is 2.42. The van der Waals surface area contributed by atoms with E-state index >= 15 is 0 Å². The average Bonchev–Trinajstić information content (AvgIpc) is 2.66. The number of carbonyl (C=O) groups excluding carboxylic acids is 2. The molecule has 19 heavy (non-hydrogen) atoms. The SMILES string of the molecule is CCCCCN(CC(=O)N1CCCCCC1)C(C)=O. The maximum atomic E-state index is 12.2. The fourth-order valence-electron chi connectivity index (χ4n) is 2.48. The van der Waals surface area contributed by atoms with E-state index in [0.717, 1.165) is 45.2 Å². The predicted octanol–water partition coefficient (Wildman–Crippen LogP) is 2.43. The van der Waals surface area contributed by atoms with Crippen LogP contribution in [0.2, 0.25) is 0 Å². The summed E-state index contributed by atoms with van der Waals surface area (Å²) in [5, 5.41) is 0. The summed E-state index contributed by atoms with van der Waals surface area (Å²) in [4.78, 5) is 27.4. The number of hydrogen-bond acceptors (Lipinski definition) is 2. The molecule has 0 radical (unpaired) electrons. The van der Waals surface area contributed by atoms with Crippen LogP contribution in [-0.4, -0.2) is 47.8 Å². The van der Waals surface area contributed by atoms with Crippen molar-refractivity contribution in [3.8, 4) is 0 Å². The Kier molecular flexibility index (Phi) is 7.53. The van der Waals surface area contributed by atoms with E-state index in [-0.39, 0.29) is 18.4 Å². The topological polar surface area (TPSA) is 40.6 Å². The quantitative estimate of drug-likeness (QED) is 0.694. The molecule has 0 bridgehead atoms. The molecule has 0 aromatic heterocycles. The Morgan fingerprint density at radius 3 is 2.21 bits per heavy atom. The minimum absolute atomic E-state index is 0.0132. The van der Waals surface area contributed by atoms with E-state index in [9.17, 15) is 9.59 Å². The van der Waals surface area contributed by atoms with Gasteiger partial charge >= 0.3 is 0 Å². The Hall–Kier alpha value is -1.06. The van der Waals surface area contributed by atoms with Gasteiger partial charge < -0.3 is 9.80 Å². The second-order valence-electron chi connectivity index (χ2n) is 5.44. The zero-order valence-corrected chi connectivity index (χ0v) is 12.5. The van der Waals surface area contributed by atoms with Gasteiger partial charge in [-0.3, -0.25) is 9.59 Å². The lowest BCUT2D eigenvalue weighted by molar-refractivity contribution is -0.139. The predicted molar refractivity (Wildman–Crippen MR) is 76.8 cm³/mol. The van der Waals surface area contributed by atoms with E-state index in [2.05, 4.69) is 6.92 Å². The number of likely N-dealkylation sites (tertiary alicyclic amines) is 1. The third-order valence-electron chi connectivity index (χ3n) is 3.76. The number of amides is 2. The second-order valence-corrected chi connectivity index (χ2v) is 5.44. The minimum Gasteiger partial charge on any atom is -0.341 e. The van der Waals surface area contributed by atoms with Crippen molar-refractivity contribution in [3.63, 3.8) is 0 Å². The van der Waals surface area contributed by atoms with Crippen LogP contribution in [0, 0.1) is 0 Å². The molecule has 1 fully saturated rings. The lowest BCUT2D eigenvalue weighted by Crippen LogP contribution is -2.42. The van der Waals surface area contributed by atoms with Crippen molar-refractivity contribution in [2.75, 3.05) is 26.2 Å². The summed E-state index contributed by atoms with van der Waals surface area (Å²) >= 11 is 0. The van der Waals surface area contributed by atoms with Gasteiger partial charge in [0.05, 0.1) is 6.54 Å². The molecule has 0 N–H and O–H groups in total. The third-order valence-corrected chi connectivity index (χ3v) is 3.76. The van der Waals surface area contributed by atoms with E-state index in [1.54, 1.807) is 11.8 Å². The van der Waals surface area contributed by atoms with Gasteiger partial charge in [0.2, 0.25) is 11.8 Å². The van der Waals surface area contributed by atoms with Gasteiger partial charge in [-0.1, -0.05) is 32.6 Å². The fourth-order valence-corrected chi connectivity index (χ4v) is 2.48. The first-order valence-electron chi connectivity index (χ1n) is 7.68. The lowest BCUT2D eigenvalue weighted by Gasteiger charge is -2.26. The van der Waals surface area contributed by atoms with E-state index in [1.165, 1.54) is 12.8 Å². The van der Waals surface area contributed by atoms with Crippen LogP contribution in [0.15, 0.2) is 0 Å². The first kappa shape index (κ1) is 16.0. The van der Waals surface area contributed by atoms with Crippen molar-refractivity contribution in [3.05, 3.63) is 0 Å². The molecular weight excluding hydrogens is 240 g/mol. The average molecular weight is 268 g/mol. The summed E-state index contributed by atoms with van der Waals surface area (Å²) in [6, 6.07) is 0. The Labute approximate surface area is 117 Å². The van der Waals surface area contributed by atoms with Gasteiger partial charge in [0.25, 0.3) is 0 Å². The maximum Gasteiger partial charge on any atom is 0.242 e. The lowest BCUT2D eigenvalue weighted by atomic mass is 10.2. The highest BCUT2D eigenvalue weighted by molar-refractivity contribution is 5.83. The monoisotopic (exact) mass is 268 g/mol. The van der Waals surface area contributed by atoms with Crippen molar-refractivity contribution in [1.82, 2.24) is 9.80 Å². The molecule has 0 aliphatic carbocycles. The maximum absolute atomic E-state index is 12.2. The molecule has 0 aromatic rings. The van der Waals surface area contributed by atoms with Crippen molar-refractivity contribution < 1.29 is 9.59 Å². The van der Waals surface area contributed by atoms with Crippen molar-refractivity contribution in [2.45, 2.75) is 58.8 Å². The molecule has 0 saturated carbocycles. The van der Waals surface area contributed by atoms with Crippen molar-refractivity contribution in [1.29, 1.82) is 0 Å². The molecule has 1 heterocycles. The standard InChI is InChI=1S/C15H28N2O2/c1-3-4-7-12-17(14(2)18)13-15(19)16-10-8-5-6-9-11-16/h3-13H2,1-2H3. The molecule has 4 heteroatoms. The number of hydrogen-bond donors (Lipinski definition) is 0. The Morgan fingerprint density at radius 1 is 1.05 bits per heavy atom. The van der Waals surface area contributed by atoms with Gasteiger partial charge in [0.15, 0.2) is 0 Å². The first-order chi connectivity index (χ1) is 9.15. The molecule has 2 amide bonds. The highest BCUT2D eigenvalue weighted by Crippen LogP contribution is 2.10. The summed E-state index contributed by atoms with van der Waals surface area (Å²) in [7, 11) is 0. The van der Waals surface area contributed by atoms with Gasteiger partial charge in [-0.25, -0.2) is 0 Å². The normalized spacial score (nSPS) is 16.0. The molecule has 1 rings (SSSR count). The summed E-state index contributed by atoms with van der Waals surface area (Å²) in [5.74, 6) is 0.132. The highest BCUT2D eigenvalue weighted by atomic mass is 16.2. The summed E-state index contributed by atoms with van der Waals surface area (Å²) in [6.07, 6.45) is 7.87. The van der Waals surface area contributed by atoms with Crippen LogP contribution in [-0.2, 0) is 9.59 Å². The molecule has 1 aliphatic heterocycles. The molecule has 1 saturated heterocycles.